The molecule has 0 unspecified atom stereocenters. The van der Waals surface area contributed by atoms with Crippen LogP contribution in [0.3, 0.4) is 0 Å². The zero-order valence-corrected chi connectivity index (χ0v) is 11.9. The smallest absolute Gasteiger partial charge is 0.137 e. The Morgan fingerprint density at radius 2 is 1.89 bits per heavy atom. The summed E-state index contributed by atoms with van der Waals surface area (Å²) in [6.45, 7) is 2.93. The van der Waals surface area contributed by atoms with Gasteiger partial charge < -0.3 is 10.1 Å². The molecule has 0 radical (unpaired) electrons. The molecule has 0 spiro atoms. The van der Waals surface area contributed by atoms with Crippen LogP contribution in [0.1, 0.15) is 24.1 Å². The van der Waals surface area contributed by atoms with Crippen LogP contribution in [0.5, 0.6) is 5.75 Å². The second-order valence-electron chi connectivity index (χ2n) is 4.48. The van der Waals surface area contributed by atoms with E-state index in [1.165, 1.54) is 5.56 Å². The first kappa shape index (κ1) is 13.9. The first-order valence-electron chi connectivity index (χ1n) is 6.31. The van der Waals surface area contributed by atoms with Gasteiger partial charge in [0.2, 0.25) is 0 Å². The number of rotatable bonds is 5. The lowest BCUT2D eigenvalue weighted by Gasteiger charge is -2.14. The van der Waals surface area contributed by atoms with Gasteiger partial charge in [0, 0.05) is 12.6 Å². The molecule has 2 aromatic rings. The Kier molecular flexibility index (Phi) is 4.83. The SMILES string of the molecule is COc1ccc(CN[C@@H](C)c2ccccc2)cc1Cl. The molecule has 0 bridgehead atoms. The number of methoxy groups -OCH3 is 1. The lowest BCUT2D eigenvalue weighted by molar-refractivity contribution is 0.414. The highest BCUT2D eigenvalue weighted by Crippen LogP contribution is 2.25. The molecule has 0 saturated heterocycles. The third-order valence-electron chi connectivity index (χ3n) is 3.13. The van der Waals surface area contributed by atoms with Crippen LogP contribution < -0.4 is 10.1 Å². The van der Waals surface area contributed by atoms with Crippen molar-refractivity contribution in [3.8, 4) is 5.75 Å². The number of ether oxygens (including phenoxy) is 1. The molecule has 2 aromatic carbocycles. The predicted octanol–water partition coefficient (Wildman–Crippen LogP) is 4.20. The summed E-state index contributed by atoms with van der Waals surface area (Å²) in [7, 11) is 1.62. The summed E-state index contributed by atoms with van der Waals surface area (Å²) < 4.78 is 5.14. The van der Waals surface area contributed by atoms with Gasteiger partial charge in [0.15, 0.2) is 0 Å². The Labute approximate surface area is 119 Å². The fraction of sp³-hybridized carbons (Fsp3) is 0.250. The van der Waals surface area contributed by atoms with E-state index >= 15 is 0 Å². The van der Waals surface area contributed by atoms with E-state index in [0.717, 1.165) is 12.1 Å². The Hall–Kier alpha value is -1.51. The first-order valence-corrected chi connectivity index (χ1v) is 6.69. The minimum absolute atomic E-state index is 0.307. The maximum Gasteiger partial charge on any atom is 0.137 e. The maximum atomic E-state index is 6.11. The second kappa shape index (κ2) is 6.60. The molecule has 1 N–H and O–H groups in total. The molecule has 1 atom stereocenters. The lowest BCUT2D eigenvalue weighted by Crippen LogP contribution is -2.17. The number of hydrogen-bond donors (Lipinski definition) is 1. The number of hydrogen-bond acceptors (Lipinski definition) is 2. The fourth-order valence-corrected chi connectivity index (χ4v) is 2.23. The fourth-order valence-electron chi connectivity index (χ4n) is 1.95. The van der Waals surface area contributed by atoms with Crippen molar-refractivity contribution in [1.82, 2.24) is 5.32 Å². The highest BCUT2D eigenvalue weighted by atomic mass is 35.5. The van der Waals surface area contributed by atoms with Crippen molar-refractivity contribution in [3.63, 3.8) is 0 Å². The zero-order valence-electron chi connectivity index (χ0n) is 11.2. The van der Waals surface area contributed by atoms with Crippen LogP contribution in [0.15, 0.2) is 48.5 Å². The molecule has 2 nitrogen and oxygen atoms in total. The van der Waals surface area contributed by atoms with Crippen LogP contribution in [0.4, 0.5) is 0 Å². The Morgan fingerprint density at radius 1 is 1.16 bits per heavy atom. The molecular weight excluding hydrogens is 258 g/mol. The van der Waals surface area contributed by atoms with Gasteiger partial charge in [-0.05, 0) is 30.2 Å². The van der Waals surface area contributed by atoms with E-state index in [0.29, 0.717) is 16.8 Å². The molecule has 3 heteroatoms. The highest BCUT2D eigenvalue weighted by Gasteiger charge is 2.05. The van der Waals surface area contributed by atoms with E-state index in [1.54, 1.807) is 7.11 Å². The molecule has 0 aliphatic rings. The van der Waals surface area contributed by atoms with Crippen molar-refractivity contribution in [2.45, 2.75) is 19.5 Å². The zero-order chi connectivity index (χ0) is 13.7. The Morgan fingerprint density at radius 3 is 2.53 bits per heavy atom. The number of nitrogens with one attached hydrogen (secondary N) is 1. The van der Waals surface area contributed by atoms with E-state index in [9.17, 15) is 0 Å². The van der Waals surface area contributed by atoms with Crippen LogP contribution in [-0.4, -0.2) is 7.11 Å². The number of halogens is 1. The summed E-state index contributed by atoms with van der Waals surface area (Å²) in [5.41, 5.74) is 2.43. The van der Waals surface area contributed by atoms with Gasteiger partial charge in [-0.15, -0.1) is 0 Å². The molecular formula is C16H18ClNO. The van der Waals surface area contributed by atoms with Gasteiger partial charge in [-0.3, -0.25) is 0 Å². The normalized spacial score (nSPS) is 12.2. The van der Waals surface area contributed by atoms with Crippen molar-refractivity contribution in [1.29, 1.82) is 0 Å². The van der Waals surface area contributed by atoms with Crippen molar-refractivity contribution in [2.24, 2.45) is 0 Å². The lowest BCUT2D eigenvalue weighted by atomic mass is 10.1. The van der Waals surface area contributed by atoms with Crippen LogP contribution in [-0.2, 0) is 6.54 Å². The van der Waals surface area contributed by atoms with Gasteiger partial charge >= 0.3 is 0 Å². The third-order valence-corrected chi connectivity index (χ3v) is 3.42. The van der Waals surface area contributed by atoms with Gasteiger partial charge in [0.25, 0.3) is 0 Å². The van der Waals surface area contributed by atoms with Gasteiger partial charge in [-0.25, -0.2) is 0 Å². The molecule has 100 valence electrons. The summed E-state index contributed by atoms with van der Waals surface area (Å²) in [4.78, 5) is 0. The largest absolute Gasteiger partial charge is 0.495 e. The predicted molar refractivity (Wildman–Crippen MR) is 79.7 cm³/mol. The van der Waals surface area contributed by atoms with Crippen molar-refractivity contribution in [3.05, 3.63) is 64.7 Å². The van der Waals surface area contributed by atoms with Crippen LogP contribution in [0.2, 0.25) is 5.02 Å². The van der Waals surface area contributed by atoms with Gasteiger partial charge in [-0.1, -0.05) is 48.0 Å². The van der Waals surface area contributed by atoms with E-state index < -0.39 is 0 Å². The molecule has 0 aliphatic heterocycles. The van der Waals surface area contributed by atoms with E-state index in [2.05, 4.69) is 36.5 Å². The van der Waals surface area contributed by atoms with Crippen LogP contribution >= 0.6 is 11.6 Å². The molecule has 0 fully saturated rings. The molecule has 0 amide bonds. The molecule has 0 aromatic heterocycles. The maximum absolute atomic E-state index is 6.11. The van der Waals surface area contributed by atoms with E-state index in [4.69, 9.17) is 16.3 Å². The Balaban J connectivity index is 1.97. The average molecular weight is 276 g/mol. The van der Waals surface area contributed by atoms with Crippen LogP contribution in [0, 0.1) is 0 Å². The summed E-state index contributed by atoms with van der Waals surface area (Å²) in [6, 6.07) is 16.5. The number of benzene rings is 2. The van der Waals surface area contributed by atoms with Crippen molar-refractivity contribution in [2.75, 3.05) is 7.11 Å². The van der Waals surface area contributed by atoms with Gasteiger partial charge in [0.05, 0.1) is 12.1 Å². The molecule has 0 heterocycles. The Bertz CT molecular complexity index is 528. The first-order chi connectivity index (χ1) is 9.20. The average Bonchev–Trinajstić information content (AvgIpc) is 2.46. The standard InChI is InChI=1S/C16H18ClNO/c1-12(14-6-4-3-5-7-14)18-11-13-8-9-16(19-2)15(17)10-13/h3-10,12,18H,11H2,1-2H3/t12-/m0/s1. The second-order valence-corrected chi connectivity index (χ2v) is 4.89. The highest BCUT2D eigenvalue weighted by molar-refractivity contribution is 6.32. The summed E-state index contributed by atoms with van der Waals surface area (Å²) in [5.74, 6) is 0.710. The van der Waals surface area contributed by atoms with Crippen molar-refractivity contribution >= 4 is 11.6 Å². The topological polar surface area (TPSA) is 21.3 Å². The third kappa shape index (κ3) is 3.72. The molecule has 19 heavy (non-hydrogen) atoms. The monoisotopic (exact) mass is 275 g/mol. The van der Waals surface area contributed by atoms with Gasteiger partial charge in [0.1, 0.15) is 5.75 Å². The van der Waals surface area contributed by atoms with Gasteiger partial charge in [-0.2, -0.15) is 0 Å². The molecule has 0 saturated carbocycles. The molecule has 0 aliphatic carbocycles. The van der Waals surface area contributed by atoms with E-state index in [1.807, 2.05) is 24.3 Å². The summed E-state index contributed by atoms with van der Waals surface area (Å²) in [5, 5.41) is 4.13. The minimum Gasteiger partial charge on any atom is -0.495 e. The summed E-state index contributed by atoms with van der Waals surface area (Å²) >= 11 is 6.11. The van der Waals surface area contributed by atoms with E-state index in [-0.39, 0.29) is 0 Å². The minimum atomic E-state index is 0.307. The molecule has 2 rings (SSSR count). The van der Waals surface area contributed by atoms with Crippen LogP contribution in [0.25, 0.3) is 0 Å². The van der Waals surface area contributed by atoms with Crippen molar-refractivity contribution < 1.29 is 4.74 Å². The summed E-state index contributed by atoms with van der Waals surface area (Å²) in [6.07, 6.45) is 0. The quantitative estimate of drug-likeness (QED) is 0.883.